The molecule has 86 valence electrons. The third-order valence-electron chi connectivity index (χ3n) is 2.59. The van der Waals surface area contributed by atoms with Crippen LogP contribution in [0, 0.1) is 0 Å². The van der Waals surface area contributed by atoms with Crippen molar-refractivity contribution < 1.29 is 14.3 Å². The van der Waals surface area contributed by atoms with E-state index in [1.165, 1.54) is 0 Å². The van der Waals surface area contributed by atoms with Gasteiger partial charge < -0.3 is 14.8 Å². The predicted molar refractivity (Wildman–Crippen MR) is 60.6 cm³/mol. The highest BCUT2D eigenvalue weighted by molar-refractivity contribution is 5.95. The molecule has 4 nitrogen and oxygen atoms in total. The van der Waals surface area contributed by atoms with Gasteiger partial charge in [0.15, 0.2) is 0 Å². The van der Waals surface area contributed by atoms with Crippen molar-refractivity contribution in [2.24, 2.45) is 0 Å². The minimum absolute atomic E-state index is 0.0954. The van der Waals surface area contributed by atoms with Crippen LogP contribution in [0.1, 0.15) is 12.8 Å². The number of benzene rings is 1. The summed E-state index contributed by atoms with van der Waals surface area (Å²) in [6.45, 7) is 0.671. The number of para-hydroxylation sites is 2. The SMILES string of the molecule is COc1ccccc1NC(=O)C1CCCO1. The van der Waals surface area contributed by atoms with E-state index < -0.39 is 0 Å². The lowest BCUT2D eigenvalue weighted by atomic mass is 10.2. The van der Waals surface area contributed by atoms with E-state index >= 15 is 0 Å². The number of amides is 1. The van der Waals surface area contributed by atoms with Crippen molar-refractivity contribution in [1.82, 2.24) is 0 Å². The van der Waals surface area contributed by atoms with E-state index in [1.54, 1.807) is 7.11 Å². The van der Waals surface area contributed by atoms with E-state index in [0.717, 1.165) is 12.8 Å². The first-order chi connectivity index (χ1) is 7.81. The molecule has 0 radical (unpaired) electrons. The molecule has 1 saturated heterocycles. The second-order valence-electron chi connectivity index (χ2n) is 3.69. The second kappa shape index (κ2) is 4.99. The van der Waals surface area contributed by atoms with Crippen LogP contribution in [0.15, 0.2) is 24.3 Å². The molecule has 1 N–H and O–H groups in total. The highest BCUT2D eigenvalue weighted by Gasteiger charge is 2.24. The third-order valence-corrected chi connectivity index (χ3v) is 2.59. The van der Waals surface area contributed by atoms with Gasteiger partial charge in [-0.3, -0.25) is 4.79 Å². The number of rotatable bonds is 3. The van der Waals surface area contributed by atoms with Gasteiger partial charge in [-0.1, -0.05) is 12.1 Å². The fourth-order valence-electron chi connectivity index (χ4n) is 1.75. The molecule has 16 heavy (non-hydrogen) atoms. The molecule has 0 saturated carbocycles. The topological polar surface area (TPSA) is 47.6 Å². The summed E-state index contributed by atoms with van der Waals surface area (Å²) >= 11 is 0. The van der Waals surface area contributed by atoms with Gasteiger partial charge in [0.1, 0.15) is 11.9 Å². The fraction of sp³-hybridized carbons (Fsp3) is 0.417. The zero-order valence-electron chi connectivity index (χ0n) is 9.23. The Balaban J connectivity index is 2.05. The van der Waals surface area contributed by atoms with Crippen molar-refractivity contribution in [3.05, 3.63) is 24.3 Å². The number of methoxy groups -OCH3 is 1. The Bertz CT molecular complexity index is 372. The van der Waals surface area contributed by atoms with Crippen LogP contribution in [0.2, 0.25) is 0 Å². The predicted octanol–water partition coefficient (Wildman–Crippen LogP) is 1.81. The average Bonchev–Trinajstić information content (AvgIpc) is 2.83. The minimum atomic E-state index is -0.315. The van der Waals surface area contributed by atoms with E-state index in [2.05, 4.69) is 5.32 Å². The standard InChI is InChI=1S/C12H15NO3/c1-15-10-6-3-2-5-9(10)13-12(14)11-7-4-8-16-11/h2-3,5-6,11H,4,7-8H2,1H3,(H,13,14). The Morgan fingerprint density at radius 1 is 1.50 bits per heavy atom. The Morgan fingerprint density at radius 3 is 3.00 bits per heavy atom. The molecule has 1 aliphatic heterocycles. The Hall–Kier alpha value is -1.55. The van der Waals surface area contributed by atoms with E-state index in [1.807, 2.05) is 24.3 Å². The molecule has 1 amide bonds. The first-order valence-electron chi connectivity index (χ1n) is 5.37. The summed E-state index contributed by atoms with van der Waals surface area (Å²) in [5.41, 5.74) is 0.686. The molecule has 0 spiro atoms. The van der Waals surface area contributed by atoms with Gasteiger partial charge in [-0.25, -0.2) is 0 Å². The minimum Gasteiger partial charge on any atom is -0.495 e. The van der Waals surface area contributed by atoms with Crippen LogP contribution in [-0.2, 0) is 9.53 Å². The maximum atomic E-state index is 11.8. The van der Waals surface area contributed by atoms with E-state index in [0.29, 0.717) is 18.0 Å². The monoisotopic (exact) mass is 221 g/mol. The zero-order chi connectivity index (χ0) is 11.4. The van der Waals surface area contributed by atoms with Crippen LogP contribution in [0.25, 0.3) is 0 Å². The van der Waals surface area contributed by atoms with Gasteiger partial charge in [-0.2, -0.15) is 0 Å². The highest BCUT2D eigenvalue weighted by atomic mass is 16.5. The van der Waals surface area contributed by atoms with Crippen molar-refractivity contribution in [3.63, 3.8) is 0 Å². The second-order valence-corrected chi connectivity index (χ2v) is 3.69. The first kappa shape index (κ1) is 11.0. The van der Waals surface area contributed by atoms with E-state index in [-0.39, 0.29) is 12.0 Å². The number of nitrogens with one attached hydrogen (secondary N) is 1. The average molecular weight is 221 g/mol. The Morgan fingerprint density at radius 2 is 2.31 bits per heavy atom. The molecule has 0 aliphatic carbocycles. The molecule has 1 fully saturated rings. The van der Waals surface area contributed by atoms with Crippen LogP contribution in [0.5, 0.6) is 5.75 Å². The lowest BCUT2D eigenvalue weighted by Crippen LogP contribution is -2.27. The molecule has 1 aliphatic rings. The van der Waals surface area contributed by atoms with Crippen LogP contribution < -0.4 is 10.1 Å². The number of ether oxygens (including phenoxy) is 2. The smallest absolute Gasteiger partial charge is 0.253 e. The van der Waals surface area contributed by atoms with Crippen LogP contribution in [-0.4, -0.2) is 25.7 Å². The summed E-state index contributed by atoms with van der Waals surface area (Å²) in [5, 5.41) is 2.81. The van der Waals surface area contributed by atoms with Crippen molar-refractivity contribution in [1.29, 1.82) is 0 Å². The molecule has 1 atom stereocenters. The van der Waals surface area contributed by atoms with E-state index in [4.69, 9.17) is 9.47 Å². The van der Waals surface area contributed by atoms with Crippen molar-refractivity contribution in [2.45, 2.75) is 18.9 Å². The van der Waals surface area contributed by atoms with Crippen LogP contribution >= 0.6 is 0 Å². The quantitative estimate of drug-likeness (QED) is 0.846. The number of carbonyl (C=O) groups excluding carboxylic acids is 1. The first-order valence-corrected chi connectivity index (χ1v) is 5.37. The molecule has 0 aromatic heterocycles. The maximum Gasteiger partial charge on any atom is 0.253 e. The summed E-state index contributed by atoms with van der Waals surface area (Å²) in [6, 6.07) is 7.34. The van der Waals surface area contributed by atoms with Gasteiger partial charge in [-0.05, 0) is 25.0 Å². The van der Waals surface area contributed by atoms with Gasteiger partial charge in [0, 0.05) is 6.61 Å². The molecule has 1 aromatic rings. The largest absolute Gasteiger partial charge is 0.495 e. The molecule has 1 aromatic carbocycles. The summed E-state index contributed by atoms with van der Waals surface area (Å²) < 4.78 is 10.5. The summed E-state index contributed by atoms with van der Waals surface area (Å²) in [5.74, 6) is 0.566. The Kier molecular flexibility index (Phi) is 3.41. The van der Waals surface area contributed by atoms with Crippen LogP contribution in [0.4, 0.5) is 5.69 Å². The third kappa shape index (κ3) is 2.33. The fourth-order valence-corrected chi connectivity index (χ4v) is 1.75. The van der Waals surface area contributed by atoms with Gasteiger partial charge in [0.2, 0.25) is 0 Å². The van der Waals surface area contributed by atoms with Crippen LogP contribution in [0.3, 0.4) is 0 Å². The lowest BCUT2D eigenvalue weighted by Gasteiger charge is -2.12. The number of hydrogen-bond donors (Lipinski definition) is 1. The lowest BCUT2D eigenvalue weighted by molar-refractivity contribution is -0.124. The molecular formula is C12H15NO3. The van der Waals surface area contributed by atoms with Crippen molar-refractivity contribution >= 4 is 11.6 Å². The molecule has 1 unspecified atom stereocenters. The summed E-state index contributed by atoms with van der Waals surface area (Å²) in [7, 11) is 1.58. The number of hydrogen-bond acceptors (Lipinski definition) is 3. The van der Waals surface area contributed by atoms with E-state index in [9.17, 15) is 4.79 Å². The van der Waals surface area contributed by atoms with Gasteiger partial charge in [-0.15, -0.1) is 0 Å². The van der Waals surface area contributed by atoms with Crippen molar-refractivity contribution in [3.8, 4) is 5.75 Å². The molecule has 1 heterocycles. The zero-order valence-corrected chi connectivity index (χ0v) is 9.23. The Labute approximate surface area is 94.6 Å². The molecule has 4 heteroatoms. The van der Waals surface area contributed by atoms with Gasteiger partial charge in [0.25, 0.3) is 5.91 Å². The number of anilines is 1. The van der Waals surface area contributed by atoms with Gasteiger partial charge >= 0.3 is 0 Å². The normalized spacial score (nSPS) is 19.4. The molecule has 2 rings (SSSR count). The van der Waals surface area contributed by atoms with Gasteiger partial charge in [0.05, 0.1) is 12.8 Å². The maximum absolute atomic E-state index is 11.8. The highest BCUT2D eigenvalue weighted by Crippen LogP contribution is 2.24. The molecular weight excluding hydrogens is 206 g/mol. The molecule has 0 bridgehead atoms. The number of carbonyl (C=O) groups is 1. The summed E-state index contributed by atoms with van der Waals surface area (Å²) in [4.78, 5) is 11.8. The summed E-state index contributed by atoms with van der Waals surface area (Å²) in [6.07, 6.45) is 1.43. The van der Waals surface area contributed by atoms with Crippen molar-refractivity contribution in [2.75, 3.05) is 19.0 Å².